The topological polar surface area (TPSA) is 59.3 Å². The number of hydrogen-bond acceptors (Lipinski definition) is 4. The van der Waals surface area contributed by atoms with E-state index in [1.54, 1.807) is 12.5 Å². The largest absolute Gasteiger partial charge is 0.472 e. The summed E-state index contributed by atoms with van der Waals surface area (Å²) in [6.45, 7) is 2.80. The summed E-state index contributed by atoms with van der Waals surface area (Å²) in [6, 6.07) is 1.90. The van der Waals surface area contributed by atoms with E-state index in [0.717, 1.165) is 31.4 Å². The Balaban J connectivity index is 2.13. The number of likely N-dealkylation sites (N-methyl/N-ethyl adjacent to an activating group) is 1. The van der Waals surface area contributed by atoms with E-state index in [1.165, 1.54) is 0 Å². The highest BCUT2D eigenvalue weighted by Gasteiger charge is 2.35. The molecular weight excluding hydrogens is 250 g/mol. The maximum Gasteiger partial charge on any atom is 0.154 e. The Bertz CT molecular complexity index is 453. The van der Waals surface area contributed by atoms with Crippen molar-refractivity contribution in [1.82, 2.24) is 5.32 Å². The van der Waals surface area contributed by atoms with Crippen LogP contribution in [-0.2, 0) is 16.3 Å². The molecule has 0 spiro atoms. The van der Waals surface area contributed by atoms with E-state index in [0.29, 0.717) is 12.2 Å². The minimum Gasteiger partial charge on any atom is -0.472 e. The molecule has 0 aliphatic carbocycles. The molecule has 18 heavy (non-hydrogen) atoms. The first-order valence-electron chi connectivity index (χ1n) is 6.59. The SMILES string of the molecule is CCNC(Cc1ccoc1)C1CCCCS1(=O)=O. The average Bonchev–Trinajstić information content (AvgIpc) is 2.81. The van der Waals surface area contributed by atoms with Crippen molar-refractivity contribution >= 4 is 9.84 Å². The van der Waals surface area contributed by atoms with Crippen LogP contribution >= 0.6 is 0 Å². The van der Waals surface area contributed by atoms with Gasteiger partial charge < -0.3 is 9.73 Å². The van der Waals surface area contributed by atoms with Gasteiger partial charge in [-0.05, 0) is 37.4 Å². The van der Waals surface area contributed by atoms with Gasteiger partial charge in [0, 0.05) is 6.04 Å². The lowest BCUT2D eigenvalue weighted by molar-refractivity contribution is 0.439. The zero-order valence-electron chi connectivity index (χ0n) is 10.8. The predicted molar refractivity (Wildman–Crippen MR) is 71.3 cm³/mol. The minimum absolute atomic E-state index is 0.00194. The van der Waals surface area contributed by atoms with Crippen LogP contribution in [0.2, 0.25) is 0 Å². The van der Waals surface area contributed by atoms with Crippen molar-refractivity contribution in [1.29, 1.82) is 0 Å². The third kappa shape index (κ3) is 3.14. The van der Waals surface area contributed by atoms with Gasteiger partial charge >= 0.3 is 0 Å². The van der Waals surface area contributed by atoms with E-state index < -0.39 is 9.84 Å². The Kier molecular flexibility index (Phi) is 4.45. The van der Waals surface area contributed by atoms with E-state index in [-0.39, 0.29) is 11.3 Å². The second-order valence-electron chi connectivity index (χ2n) is 4.90. The highest BCUT2D eigenvalue weighted by Crippen LogP contribution is 2.24. The second kappa shape index (κ2) is 5.89. The molecule has 1 fully saturated rings. The van der Waals surface area contributed by atoms with Gasteiger partial charge in [0.1, 0.15) is 0 Å². The van der Waals surface area contributed by atoms with Crippen molar-refractivity contribution in [2.24, 2.45) is 0 Å². The number of rotatable bonds is 5. The van der Waals surface area contributed by atoms with Crippen LogP contribution in [0.4, 0.5) is 0 Å². The highest BCUT2D eigenvalue weighted by molar-refractivity contribution is 7.92. The van der Waals surface area contributed by atoms with E-state index >= 15 is 0 Å². The number of nitrogens with one attached hydrogen (secondary N) is 1. The maximum atomic E-state index is 12.2. The summed E-state index contributed by atoms with van der Waals surface area (Å²) in [5.41, 5.74) is 1.06. The molecule has 5 heteroatoms. The monoisotopic (exact) mass is 271 g/mol. The van der Waals surface area contributed by atoms with E-state index in [4.69, 9.17) is 4.42 Å². The molecule has 1 aliphatic heterocycles. The molecule has 2 heterocycles. The van der Waals surface area contributed by atoms with Crippen LogP contribution in [0.15, 0.2) is 23.0 Å². The first-order chi connectivity index (χ1) is 8.63. The molecule has 0 amide bonds. The van der Waals surface area contributed by atoms with Gasteiger partial charge in [0.25, 0.3) is 0 Å². The third-order valence-corrected chi connectivity index (χ3v) is 5.92. The van der Waals surface area contributed by atoms with Gasteiger partial charge in [-0.25, -0.2) is 8.42 Å². The molecule has 1 aliphatic rings. The van der Waals surface area contributed by atoms with Gasteiger partial charge in [0.05, 0.1) is 23.5 Å². The lowest BCUT2D eigenvalue weighted by Crippen LogP contribution is -2.47. The molecule has 4 nitrogen and oxygen atoms in total. The minimum atomic E-state index is -2.94. The molecular formula is C13H21NO3S. The second-order valence-corrected chi connectivity index (χ2v) is 7.24. The van der Waals surface area contributed by atoms with Crippen LogP contribution < -0.4 is 5.32 Å². The zero-order chi connectivity index (χ0) is 13.0. The fraction of sp³-hybridized carbons (Fsp3) is 0.692. The third-order valence-electron chi connectivity index (χ3n) is 3.58. The molecule has 1 aromatic rings. The number of sulfone groups is 1. The normalized spacial score (nSPS) is 24.8. The predicted octanol–water partition coefficient (Wildman–Crippen LogP) is 1.77. The molecule has 0 saturated carbocycles. The fourth-order valence-corrected chi connectivity index (χ4v) is 4.82. The van der Waals surface area contributed by atoms with E-state index in [9.17, 15) is 8.42 Å². The van der Waals surface area contributed by atoms with Gasteiger partial charge in [-0.15, -0.1) is 0 Å². The van der Waals surface area contributed by atoms with Crippen molar-refractivity contribution in [2.75, 3.05) is 12.3 Å². The lowest BCUT2D eigenvalue weighted by atomic mass is 10.0. The van der Waals surface area contributed by atoms with Crippen LogP contribution in [0.25, 0.3) is 0 Å². The van der Waals surface area contributed by atoms with Gasteiger partial charge in [-0.2, -0.15) is 0 Å². The smallest absolute Gasteiger partial charge is 0.154 e. The van der Waals surface area contributed by atoms with Crippen LogP contribution in [0, 0.1) is 0 Å². The molecule has 1 saturated heterocycles. The molecule has 0 bridgehead atoms. The molecule has 0 aromatic carbocycles. The quantitative estimate of drug-likeness (QED) is 0.886. The Labute approximate surface area is 109 Å². The van der Waals surface area contributed by atoms with Crippen molar-refractivity contribution in [3.63, 3.8) is 0 Å². The van der Waals surface area contributed by atoms with E-state index in [2.05, 4.69) is 5.32 Å². The van der Waals surface area contributed by atoms with Gasteiger partial charge in [0.15, 0.2) is 9.84 Å². The van der Waals surface area contributed by atoms with Crippen LogP contribution in [-0.4, -0.2) is 32.0 Å². The molecule has 102 valence electrons. The lowest BCUT2D eigenvalue weighted by Gasteiger charge is -2.30. The van der Waals surface area contributed by atoms with Crippen molar-refractivity contribution < 1.29 is 12.8 Å². The van der Waals surface area contributed by atoms with Gasteiger partial charge in [-0.1, -0.05) is 13.3 Å². The first kappa shape index (κ1) is 13.6. The Hall–Kier alpha value is -0.810. The number of furan rings is 1. The Morgan fingerprint density at radius 2 is 2.33 bits per heavy atom. The summed E-state index contributed by atoms with van der Waals surface area (Å²) in [7, 11) is -2.94. The van der Waals surface area contributed by atoms with Crippen molar-refractivity contribution in [3.05, 3.63) is 24.2 Å². The molecule has 1 aromatic heterocycles. The van der Waals surface area contributed by atoms with E-state index in [1.807, 2.05) is 13.0 Å². The average molecular weight is 271 g/mol. The molecule has 1 N–H and O–H groups in total. The molecule has 2 rings (SSSR count). The Morgan fingerprint density at radius 1 is 1.50 bits per heavy atom. The molecule has 0 radical (unpaired) electrons. The summed E-state index contributed by atoms with van der Waals surface area (Å²) in [5, 5.41) is 3.08. The van der Waals surface area contributed by atoms with Gasteiger partial charge in [0.2, 0.25) is 0 Å². The summed E-state index contributed by atoms with van der Waals surface area (Å²) < 4.78 is 29.4. The molecule has 2 atom stereocenters. The van der Waals surface area contributed by atoms with Crippen LogP contribution in [0.3, 0.4) is 0 Å². The highest BCUT2D eigenvalue weighted by atomic mass is 32.2. The first-order valence-corrected chi connectivity index (χ1v) is 8.31. The number of hydrogen-bond donors (Lipinski definition) is 1. The van der Waals surface area contributed by atoms with Gasteiger partial charge in [-0.3, -0.25) is 0 Å². The fourth-order valence-electron chi connectivity index (χ4n) is 2.69. The standard InChI is InChI=1S/C13H21NO3S/c1-2-14-12(9-11-6-7-17-10-11)13-5-3-4-8-18(13,15)16/h6-7,10,12-14H,2-5,8-9H2,1H3. The molecule has 2 unspecified atom stereocenters. The Morgan fingerprint density at radius 3 is 2.94 bits per heavy atom. The summed E-state index contributed by atoms with van der Waals surface area (Å²) in [6.07, 6.45) is 6.64. The van der Waals surface area contributed by atoms with Crippen LogP contribution in [0.1, 0.15) is 31.7 Å². The summed E-state index contributed by atoms with van der Waals surface area (Å²) in [5.74, 6) is 0.338. The summed E-state index contributed by atoms with van der Waals surface area (Å²) >= 11 is 0. The van der Waals surface area contributed by atoms with Crippen LogP contribution in [0.5, 0.6) is 0 Å². The maximum absolute atomic E-state index is 12.2. The zero-order valence-corrected chi connectivity index (χ0v) is 11.6. The summed E-state index contributed by atoms with van der Waals surface area (Å²) in [4.78, 5) is 0. The van der Waals surface area contributed by atoms with Crippen molar-refractivity contribution in [3.8, 4) is 0 Å². The van der Waals surface area contributed by atoms with Crippen molar-refractivity contribution in [2.45, 2.75) is 43.9 Å².